The Labute approximate surface area is 153 Å². The molecule has 1 aliphatic rings. The molecule has 3 heterocycles. The van der Waals surface area contributed by atoms with Crippen molar-refractivity contribution in [1.29, 1.82) is 0 Å². The van der Waals surface area contributed by atoms with Gasteiger partial charge < -0.3 is 9.88 Å². The summed E-state index contributed by atoms with van der Waals surface area (Å²) < 4.78 is 1.88. The molecule has 1 N–H and O–H groups in total. The van der Waals surface area contributed by atoms with Crippen LogP contribution in [0.2, 0.25) is 0 Å². The SMILES string of the molecule is Cn1nccc1C1CCCCN1C(=O)c1ccc(Cc2ccccc2)[nH]1. The van der Waals surface area contributed by atoms with Crippen LogP contribution in [-0.2, 0) is 13.5 Å². The lowest BCUT2D eigenvalue weighted by Crippen LogP contribution is -2.39. The van der Waals surface area contributed by atoms with Crippen LogP contribution in [0.1, 0.15) is 52.7 Å². The standard InChI is InChI=1S/C21H24N4O/c1-24-19(12-13-22-24)20-9-5-6-14-25(20)21(26)18-11-10-17(23-18)15-16-7-3-2-4-8-16/h2-4,7-8,10-13,20,23H,5-6,9,14-15H2,1H3. The van der Waals surface area contributed by atoms with Gasteiger partial charge in [-0.2, -0.15) is 5.10 Å². The minimum atomic E-state index is 0.0789. The lowest BCUT2D eigenvalue weighted by Gasteiger charge is -2.35. The maximum Gasteiger partial charge on any atom is 0.270 e. The third kappa shape index (κ3) is 3.29. The smallest absolute Gasteiger partial charge is 0.270 e. The normalized spacial score (nSPS) is 17.4. The highest BCUT2D eigenvalue weighted by molar-refractivity contribution is 5.93. The zero-order chi connectivity index (χ0) is 17.9. The number of carbonyl (C=O) groups excluding carboxylic acids is 1. The topological polar surface area (TPSA) is 53.9 Å². The third-order valence-corrected chi connectivity index (χ3v) is 5.18. The monoisotopic (exact) mass is 348 g/mol. The van der Waals surface area contributed by atoms with Crippen molar-refractivity contribution in [2.24, 2.45) is 7.05 Å². The first-order valence-corrected chi connectivity index (χ1v) is 9.23. The number of aromatic nitrogens is 3. The molecule has 1 amide bonds. The Bertz CT molecular complexity index is 880. The number of nitrogens with zero attached hydrogens (tertiary/aromatic N) is 3. The van der Waals surface area contributed by atoms with Crippen molar-refractivity contribution >= 4 is 5.91 Å². The number of amides is 1. The van der Waals surface area contributed by atoms with Crippen LogP contribution in [0.5, 0.6) is 0 Å². The molecule has 3 aromatic rings. The zero-order valence-electron chi connectivity index (χ0n) is 15.1. The fourth-order valence-corrected chi connectivity index (χ4v) is 3.83. The van der Waals surface area contributed by atoms with Crippen LogP contribution < -0.4 is 0 Å². The molecule has 1 fully saturated rings. The highest BCUT2D eigenvalue weighted by atomic mass is 16.2. The second-order valence-corrected chi connectivity index (χ2v) is 6.95. The van der Waals surface area contributed by atoms with Gasteiger partial charge in [0.15, 0.2) is 0 Å². The maximum atomic E-state index is 13.1. The first kappa shape index (κ1) is 16.6. The number of hydrogen-bond donors (Lipinski definition) is 1. The Kier molecular flexibility index (Phi) is 4.61. The summed E-state index contributed by atoms with van der Waals surface area (Å²) >= 11 is 0. The second-order valence-electron chi connectivity index (χ2n) is 6.95. The number of likely N-dealkylation sites (tertiary alicyclic amines) is 1. The number of rotatable bonds is 4. The average Bonchev–Trinajstić information content (AvgIpc) is 3.31. The number of aromatic amines is 1. The first-order valence-electron chi connectivity index (χ1n) is 9.23. The Balaban J connectivity index is 1.53. The predicted molar refractivity (Wildman–Crippen MR) is 101 cm³/mol. The van der Waals surface area contributed by atoms with E-state index in [9.17, 15) is 4.79 Å². The summed E-state index contributed by atoms with van der Waals surface area (Å²) in [6.07, 6.45) is 5.79. The summed E-state index contributed by atoms with van der Waals surface area (Å²) in [4.78, 5) is 18.5. The van der Waals surface area contributed by atoms with E-state index in [2.05, 4.69) is 22.2 Å². The van der Waals surface area contributed by atoms with E-state index < -0.39 is 0 Å². The van der Waals surface area contributed by atoms with Crippen LogP contribution in [0.3, 0.4) is 0 Å². The quantitative estimate of drug-likeness (QED) is 0.781. The number of aryl methyl sites for hydroxylation is 1. The number of H-pyrrole nitrogens is 1. The number of nitrogens with one attached hydrogen (secondary N) is 1. The van der Waals surface area contributed by atoms with Gasteiger partial charge in [-0.25, -0.2) is 0 Å². The Hall–Kier alpha value is -2.82. The molecule has 4 rings (SSSR count). The molecule has 1 aliphatic heterocycles. The van der Waals surface area contributed by atoms with Crippen LogP contribution >= 0.6 is 0 Å². The number of carbonyl (C=O) groups is 1. The van der Waals surface area contributed by atoms with E-state index in [0.29, 0.717) is 5.69 Å². The van der Waals surface area contributed by atoms with Gasteiger partial charge in [0.25, 0.3) is 5.91 Å². The fraction of sp³-hybridized carbons (Fsp3) is 0.333. The molecular formula is C21H24N4O. The molecule has 0 radical (unpaired) electrons. The average molecular weight is 348 g/mol. The number of benzene rings is 1. The number of hydrogen-bond acceptors (Lipinski definition) is 2. The van der Waals surface area contributed by atoms with Gasteiger partial charge in [0.1, 0.15) is 5.69 Å². The van der Waals surface area contributed by atoms with Crippen LogP contribution in [-0.4, -0.2) is 32.1 Å². The van der Waals surface area contributed by atoms with Gasteiger partial charge in [0, 0.05) is 31.9 Å². The van der Waals surface area contributed by atoms with Gasteiger partial charge in [-0.3, -0.25) is 9.48 Å². The highest BCUT2D eigenvalue weighted by Crippen LogP contribution is 2.31. The molecule has 5 nitrogen and oxygen atoms in total. The van der Waals surface area contributed by atoms with E-state index in [4.69, 9.17) is 0 Å². The van der Waals surface area contributed by atoms with Gasteiger partial charge in [-0.05, 0) is 43.0 Å². The van der Waals surface area contributed by atoms with Crippen molar-refractivity contribution in [3.05, 3.63) is 77.4 Å². The van der Waals surface area contributed by atoms with Gasteiger partial charge in [-0.1, -0.05) is 30.3 Å². The second kappa shape index (κ2) is 7.20. The van der Waals surface area contributed by atoms with E-state index in [-0.39, 0.29) is 11.9 Å². The van der Waals surface area contributed by atoms with E-state index in [1.54, 1.807) is 6.20 Å². The molecule has 134 valence electrons. The van der Waals surface area contributed by atoms with Gasteiger partial charge >= 0.3 is 0 Å². The molecule has 26 heavy (non-hydrogen) atoms. The molecule has 2 aromatic heterocycles. The first-order chi connectivity index (χ1) is 12.7. The zero-order valence-corrected chi connectivity index (χ0v) is 15.1. The van der Waals surface area contributed by atoms with Crippen molar-refractivity contribution in [3.63, 3.8) is 0 Å². The molecule has 0 aliphatic carbocycles. The summed E-state index contributed by atoms with van der Waals surface area (Å²) in [6.45, 7) is 0.793. The van der Waals surface area contributed by atoms with Crippen LogP contribution in [0.25, 0.3) is 0 Å². The molecule has 1 atom stereocenters. The van der Waals surface area contributed by atoms with Gasteiger partial charge in [0.2, 0.25) is 0 Å². The molecule has 0 spiro atoms. The molecular weight excluding hydrogens is 324 g/mol. The van der Waals surface area contributed by atoms with Crippen LogP contribution in [0, 0.1) is 0 Å². The largest absolute Gasteiger partial charge is 0.354 e. The summed E-state index contributed by atoms with van der Waals surface area (Å²) in [5.74, 6) is 0.0789. The summed E-state index contributed by atoms with van der Waals surface area (Å²) in [5.41, 5.74) is 4.08. The van der Waals surface area contributed by atoms with Gasteiger partial charge in [0.05, 0.1) is 11.7 Å². The number of piperidine rings is 1. The Morgan fingerprint density at radius 2 is 2.00 bits per heavy atom. The van der Waals surface area contributed by atoms with E-state index in [1.807, 2.05) is 53.0 Å². The minimum absolute atomic E-state index is 0.0789. The molecule has 0 saturated carbocycles. The lowest BCUT2D eigenvalue weighted by molar-refractivity contribution is 0.0595. The van der Waals surface area contributed by atoms with Crippen molar-refractivity contribution in [2.45, 2.75) is 31.7 Å². The molecule has 5 heteroatoms. The van der Waals surface area contributed by atoms with Crippen molar-refractivity contribution in [3.8, 4) is 0 Å². The molecule has 1 aromatic carbocycles. The van der Waals surface area contributed by atoms with Crippen molar-refractivity contribution in [1.82, 2.24) is 19.7 Å². The van der Waals surface area contributed by atoms with Crippen LogP contribution in [0.15, 0.2) is 54.7 Å². The highest BCUT2D eigenvalue weighted by Gasteiger charge is 2.30. The Morgan fingerprint density at radius 1 is 1.15 bits per heavy atom. The summed E-state index contributed by atoms with van der Waals surface area (Å²) in [6, 6.07) is 16.3. The third-order valence-electron chi connectivity index (χ3n) is 5.18. The maximum absolute atomic E-state index is 13.1. The van der Waals surface area contributed by atoms with E-state index in [1.165, 1.54) is 5.56 Å². The van der Waals surface area contributed by atoms with Crippen molar-refractivity contribution in [2.75, 3.05) is 6.54 Å². The summed E-state index contributed by atoms with van der Waals surface area (Å²) in [7, 11) is 1.94. The lowest BCUT2D eigenvalue weighted by atomic mass is 9.99. The predicted octanol–water partition coefficient (Wildman–Crippen LogP) is 3.71. The molecule has 1 unspecified atom stereocenters. The fourth-order valence-electron chi connectivity index (χ4n) is 3.83. The van der Waals surface area contributed by atoms with Crippen molar-refractivity contribution < 1.29 is 4.79 Å². The van der Waals surface area contributed by atoms with E-state index in [0.717, 1.165) is 43.6 Å². The van der Waals surface area contributed by atoms with Gasteiger partial charge in [-0.15, -0.1) is 0 Å². The van der Waals surface area contributed by atoms with Crippen LogP contribution in [0.4, 0.5) is 0 Å². The minimum Gasteiger partial charge on any atom is -0.354 e. The van der Waals surface area contributed by atoms with E-state index >= 15 is 0 Å². The molecule has 1 saturated heterocycles. The molecule has 0 bridgehead atoms. The summed E-state index contributed by atoms with van der Waals surface area (Å²) in [5, 5.41) is 4.28. The Morgan fingerprint density at radius 3 is 2.77 bits per heavy atom.